The van der Waals surface area contributed by atoms with Crippen LogP contribution in [-0.2, 0) is 17.8 Å². The van der Waals surface area contributed by atoms with Gasteiger partial charge in [0.05, 0.1) is 5.92 Å². The van der Waals surface area contributed by atoms with Gasteiger partial charge >= 0.3 is 5.97 Å². The van der Waals surface area contributed by atoms with Crippen LogP contribution in [-0.4, -0.2) is 28.1 Å². The van der Waals surface area contributed by atoms with Gasteiger partial charge in [0.25, 0.3) is 0 Å². The average molecular weight is 265 g/mol. The van der Waals surface area contributed by atoms with Gasteiger partial charge in [-0.25, -0.2) is 0 Å². The third-order valence-corrected chi connectivity index (χ3v) is 5.62. The van der Waals surface area contributed by atoms with Crippen LogP contribution < -0.4 is 0 Å². The van der Waals surface area contributed by atoms with Gasteiger partial charge in [0.2, 0.25) is 0 Å². The Morgan fingerprint density at radius 3 is 2.83 bits per heavy atom. The van der Waals surface area contributed by atoms with Crippen molar-refractivity contribution in [3.8, 4) is 0 Å². The van der Waals surface area contributed by atoms with Crippen molar-refractivity contribution in [3.05, 3.63) is 21.9 Å². The Bertz CT molecular complexity index is 456. The van der Waals surface area contributed by atoms with Crippen molar-refractivity contribution in [1.29, 1.82) is 0 Å². The van der Waals surface area contributed by atoms with E-state index < -0.39 is 5.97 Å². The first kappa shape index (κ1) is 12.2. The number of aliphatic carboxylic acids is 1. The molecule has 4 heteroatoms. The topological polar surface area (TPSA) is 40.5 Å². The van der Waals surface area contributed by atoms with Gasteiger partial charge < -0.3 is 5.11 Å². The highest BCUT2D eigenvalue weighted by Gasteiger charge is 2.49. The van der Waals surface area contributed by atoms with E-state index in [9.17, 15) is 9.90 Å². The highest BCUT2D eigenvalue weighted by Crippen LogP contribution is 2.43. The van der Waals surface area contributed by atoms with Crippen LogP contribution in [0.2, 0.25) is 0 Å². The fraction of sp³-hybridized carbons (Fsp3) is 0.643. The van der Waals surface area contributed by atoms with Gasteiger partial charge in [0.15, 0.2) is 0 Å². The first-order valence-corrected chi connectivity index (χ1v) is 7.57. The second-order valence-electron chi connectivity index (χ2n) is 5.37. The molecule has 3 unspecified atom stereocenters. The maximum Gasteiger partial charge on any atom is 0.308 e. The molecule has 0 aromatic carbocycles. The summed E-state index contributed by atoms with van der Waals surface area (Å²) >= 11 is 1.87. The maximum atomic E-state index is 11.2. The molecule has 18 heavy (non-hydrogen) atoms. The Labute approximate surface area is 111 Å². The molecule has 3 atom stereocenters. The predicted octanol–water partition coefficient (Wildman–Crippen LogP) is 2.75. The Hall–Kier alpha value is -0.870. The molecule has 2 bridgehead atoms. The van der Waals surface area contributed by atoms with Gasteiger partial charge in [-0.3, -0.25) is 9.69 Å². The molecule has 0 saturated carbocycles. The third-order valence-electron chi connectivity index (χ3n) is 4.40. The first-order valence-electron chi connectivity index (χ1n) is 6.75. The van der Waals surface area contributed by atoms with E-state index in [0.29, 0.717) is 6.04 Å². The van der Waals surface area contributed by atoms with Gasteiger partial charge in [-0.1, -0.05) is 6.92 Å². The van der Waals surface area contributed by atoms with E-state index in [-0.39, 0.29) is 12.0 Å². The zero-order valence-corrected chi connectivity index (χ0v) is 11.4. The molecule has 98 valence electrons. The third kappa shape index (κ3) is 1.97. The Morgan fingerprint density at radius 1 is 1.44 bits per heavy atom. The average Bonchev–Trinajstić information content (AvgIpc) is 3.05. The molecule has 1 aromatic rings. The van der Waals surface area contributed by atoms with Crippen molar-refractivity contribution >= 4 is 17.3 Å². The molecule has 0 amide bonds. The van der Waals surface area contributed by atoms with Crippen molar-refractivity contribution in [1.82, 2.24) is 4.90 Å². The number of nitrogens with zero attached hydrogens (tertiary/aromatic N) is 1. The summed E-state index contributed by atoms with van der Waals surface area (Å²) in [6.07, 6.45) is 4.19. The molecule has 1 aromatic heterocycles. The fourth-order valence-electron chi connectivity index (χ4n) is 3.49. The predicted molar refractivity (Wildman–Crippen MR) is 71.8 cm³/mol. The Kier molecular flexibility index (Phi) is 3.16. The first-order chi connectivity index (χ1) is 8.69. The fourth-order valence-corrected chi connectivity index (χ4v) is 4.46. The summed E-state index contributed by atoms with van der Waals surface area (Å²) in [5.74, 6) is -0.734. The number of hydrogen-bond donors (Lipinski definition) is 1. The summed E-state index contributed by atoms with van der Waals surface area (Å²) in [6, 6.07) is 5.19. The highest BCUT2D eigenvalue weighted by molar-refractivity contribution is 7.11. The summed E-state index contributed by atoms with van der Waals surface area (Å²) in [6.45, 7) is 3.12. The van der Waals surface area contributed by atoms with Crippen molar-refractivity contribution < 1.29 is 9.90 Å². The second-order valence-corrected chi connectivity index (χ2v) is 6.63. The van der Waals surface area contributed by atoms with E-state index >= 15 is 0 Å². The maximum absolute atomic E-state index is 11.2. The molecule has 2 saturated heterocycles. The Morgan fingerprint density at radius 2 is 2.22 bits per heavy atom. The lowest BCUT2D eigenvalue weighted by Gasteiger charge is -2.21. The van der Waals surface area contributed by atoms with Crippen LogP contribution in [0.1, 0.15) is 35.9 Å². The monoisotopic (exact) mass is 265 g/mol. The minimum atomic E-state index is -0.604. The van der Waals surface area contributed by atoms with Crippen LogP contribution in [0.4, 0.5) is 0 Å². The molecule has 2 aliphatic rings. The van der Waals surface area contributed by atoms with Crippen LogP contribution in [0.15, 0.2) is 12.1 Å². The molecule has 0 aliphatic carbocycles. The van der Waals surface area contributed by atoms with Crippen molar-refractivity contribution in [2.45, 2.75) is 51.2 Å². The molecular weight excluding hydrogens is 246 g/mol. The number of carboxylic acid groups (broad SMARTS) is 1. The number of hydrogen-bond acceptors (Lipinski definition) is 3. The molecule has 2 aliphatic heterocycles. The molecule has 3 rings (SSSR count). The van der Waals surface area contributed by atoms with E-state index in [1.54, 1.807) is 0 Å². The van der Waals surface area contributed by atoms with E-state index in [4.69, 9.17) is 0 Å². The van der Waals surface area contributed by atoms with Gasteiger partial charge in [-0.2, -0.15) is 0 Å². The largest absolute Gasteiger partial charge is 0.481 e. The van der Waals surface area contributed by atoms with Crippen LogP contribution in [0.3, 0.4) is 0 Å². The quantitative estimate of drug-likeness (QED) is 0.910. The number of rotatable bonds is 4. The lowest BCUT2D eigenvalue weighted by Crippen LogP contribution is -2.32. The van der Waals surface area contributed by atoms with E-state index in [1.807, 2.05) is 11.3 Å². The van der Waals surface area contributed by atoms with Gasteiger partial charge in [-0.15, -0.1) is 11.3 Å². The van der Waals surface area contributed by atoms with Crippen LogP contribution >= 0.6 is 11.3 Å². The normalized spacial score (nSPS) is 31.1. The molecule has 0 spiro atoms. The summed E-state index contributed by atoms with van der Waals surface area (Å²) in [5.41, 5.74) is 0. The van der Waals surface area contributed by atoms with Crippen LogP contribution in [0.25, 0.3) is 0 Å². The van der Waals surface area contributed by atoms with Crippen molar-refractivity contribution in [2.75, 3.05) is 0 Å². The van der Waals surface area contributed by atoms with Crippen molar-refractivity contribution in [3.63, 3.8) is 0 Å². The minimum Gasteiger partial charge on any atom is -0.481 e. The molecule has 0 radical (unpaired) electrons. The second kappa shape index (κ2) is 4.67. The molecule has 2 fully saturated rings. The zero-order chi connectivity index (χ0) is 12.7. The molecule has 1 N–H and O–H groups in total. The number of carboxylic acids is 1. The van der Waals surface area contributed by atoms with Crippen LogP contribution in [0, 0.1) is 5.92 Å². The van der Waals surface area contributed by atoms with Gasteiger partial charge in [-0.05, 0) is 37.8 Å². The number of fused-ring (bicyclic) bond motifs is 2. The molecular formula is C14H19NO2S. The summed E-state index contributed by atoms with van der Waals surface area (Å²) in [5, 5.41) is 9.24. The van der Waals surface area contributed by atoms with Gasteiger partial charge in [0.1, 0.15) is 0 Å². The van der Waals surface area contributed by atoms with Gasteiger partial charge in [0, 0.05) is 28.4 Å². The minimum absolute atomic E-state index is 0.130. The number of carbonyl (C=O) groups is 1. The Balaban J connectivity index is 1.72. The summed E-state index contributed by atoms with van der Waals surface area (Å²) in [4.78, 5) is 16.5. The SMILES string of the molecule is CCc1ccc(CN2C3CCC2C(C(=O)O)C3)s1. The smallest absolute Gasteiger partial charge is 0.308 e. The van der Waals surface area contributed by atoms with E-state index in [1.165, 1.54) is 16.2 Å². The lowest BCUT2D eigenvalue weighted by molar-refractivity contribution is -0.142. The van der Waals surface area contributed by atoms with Crippen LogP contribution in [0.5, 0.6) is 0 Å². The molecule has 3 heterocycles. The summed E-state index contributed by atoms with van der Waals surface area (Å²) in [7, 11) is 0. The number of aryl methyl sites for hydroxylation is 1. The molecule has 3 nitrogen and oxygen atoms in total. The standard InChI is InChI=1S/C14H19NO2S/c1-2-10-4-5-11(18-10)8-15-9-3-6-13(15)12(7-9)14(16)17/h4-5,9,12-13H,2-3,6-8H2,1H3,(H,16,17). The highest BCUT2D eigenvalue weighted by atomic mass is 32.1. The lowest BCUT2D eigenvalue weighted by atomic mass is 9.89. The van der Waals surface area contributed by atoms with Crippen molar-refractivity contribution in [2.24, 2.45) is 5.92 Å². The van der Waals surface area contributed by atoms with E-state index in [0.717, 1.165) is 25.8 Å². The zero-order valence-electron chi connectivity index (χ0n) is 10.6. The number of thiophene rings is 1. The summed E-state index contributed by atoms with van der Waals surface area (Å²) < 4.78 is 0. The van der Waals surface area contributed by atoms with E-state index in [2.05, 4.69) is 24.0 Å².